The van der Waals surface area contributed by atoms with Crippen LogP contribution >= 0.6 is 0 Å². The normalized spacial score (nSPS) is 26.8. The number of hydrogen-bond acceptors (Lipinski definition) is 5. The van der Waals surface area contributed by atoms with Crippen LogP contribution in [0.2, 0.25) is 0 Å². The summed E-state index contributed by atoms with van der Waals surface area (Å²) in [5, 5.41) is 3.97. The van der Waals surface area contributed by atoms with Crippen molar-refractivity contribution in [3.63, 3.8) is 0 Å². The lowest BCUT2D eigenvalue weighted by atomic mass is 9.76. The molecule has 3 aliphatic rings. The predicted octanol–water partition coefficient (Wildman–Crippen LogP) is 2.21. The molecule has 0 bridgehead atoms. The van der Waals surface area contributed by atoms with Crippen LogP contribution in [0, 0.1) is 5.41 Å². The maximum atomic E-state index is 12.6. The number of nitrogens with zero attached hydrogens (tertiary/aromatic N) is 2. The third kappa shape index (κ3) is 3.02. The van der Waals surface area contributed by atoms with Gasteiger partial charge in [0.1, 0.15) is 5.76 Å². The highest BCUT2D eigenvalue weighted by molar-refractivity contribution is 5.92. The molecule has 6 nitrogen and oxygen atoms in total. The zero-order valence-corrected chi connectivity index (χ0v) is 13.6. The Morgan fingerprint density at radius 1 is 1.43 bits per heavy atom. The van der Waals surface area contributed by atoms with Crippen LogP contribution in [0.25, 0.3) is 0 Å². The van der Waals surface area contributed by atoms with E-state index in [1.807, 2.05) is 11.0 Å². The molecule has 0 radical (unpaired) electrons. The number of hydrogen-bond donors (Lipinski definition) is 0. The van der Waals surface area contributed by atoms with E-state index in [0.717, 1.165) is 57.6 Å². The van der Waals surface area contributed by atoms with E-state index in [1.165, 1.54) is 0 Å². The van der Waals surface area contributed by atoms with E-state index in [2.05, 4.69) is 5.16 Å². The monoisotopic (exact) mass is 320 g/mol. The zero-order chi connectivity index (χ0) is 15.9. The molecule has 23 heavy (non-hydrogen) atoms. The van der Waals surface area contributed by atoms with Gasteiger partial charge in [-0.25, -0.2) is 0 Å². The van der Waals surface area contributed by atoms with Crippen molar-refractivity contribution in [1.82, 2.24) is 10.1 Å². The number of likely N-dealkylation sites (tertiary alicyclic amines) is 1. The van der Waals surface area contributed by atoms with Crippen LogP contribution in [0.5, 0.6) is 0 Å². The summed E-state index contributed by atoms with van der Waals surface area (Å²) in [6.07, 6.45) is 5.53. The summed E-state index contributed by atoms with van der Waals surface area (Å²) < 4.78 is 16.3. The third-order valence-corrected chi connectivity index (χ3v) is 5.48. The van der Waals surface area contributed by atoms with Gasteiger partial charge in [0, 0.05) is 32.2 Å². The van der Waals surface area contributed by atoms with Crippen molar-refractivity contribution < 1.29 is 18.8 Å². The van der Waals surface area contributed by atoms with Crippen LogP contribution < -0.4 is 0 Å². The van der Waals surface area contributed by atoms with Gasteiger partial charge in [0.25, 0.3) is 5.91 Å². The second-order valence-corrected chi connectivity index (χ2v) is 7.27. The van der Waals surface area contributed by atoms with Crippen LogP contribution in [-0.2, 0) is 9.47 Å². The molecule has 1 atom stereocenters. The molecule has 1 aromatic heterocycles. The molecule has 6 heteroatoms. The molecular formula is C17H24N2O4. The van der Waals surface area contributed by atoms with Gasteiger partial charge in [-0.15, -0.1) is 0 Å². The van der Waals surface area contributed by atoms with Crippen LogP contribution in [0.1, 0.15) is 54.3 Å². The van der Waals surface area contributed by atoms with E-state index in [0.29, 0.717) is 18.2 Å². The zero-order valence-electron chi connectivity index (χ0n) is 13.6. The summed E-state index contributed by atoms with van der Waals surface area (Å²) in [6, 6.07) is 1.83. The molecule has 1 aliphatic carbocycles. The number of carbonyl (C=O) groups excluding carboxylic acids is 1. The number of aromatic nitrogens is 1. The molecule has 4 rings (SSSR count). The van der Waals surface area contributed by atoms with Crippen molar-refractivity contribution >= 4 is 5.91 Å². The summed E-state index contributed by atoms with van der Waals surface area (Å²) in [7, 11) is 1.71. The second kappa shape index (κ2) is 5.91. The molecule has 1 amide bonds. The van der Waals surface area contributed by atoms with Crippen molar-refractivity contribution in [1.29, 1.82) is 0 Å². The average molecular weight is 320 g/mol. The van der Waals surface area contributed by atoms with Gasteiger partial charge in [-0.3, -0.25) is 4.79 Å². The number of piperidine rings is 1. The molecular weight excluding hydrogens is 296 g/mol. The molecule has 2 aliphatic heterocycles. The van der Waals surface area contributed by atoms with Gasteiger partial charge in [-0.1, -0.05) is 5.16 Å². The quantitative estimate of drug-likeness (QED) is 0.851. The van der Waals surface area contributed by atoms with Crippen LogP contribution in [0.3, 0.4) is 0 Å². The molecule has 1 spiro atoms. The average Bonchev–Trinajstić information content (AvgIpc) is 3.17. The maximum Gasteiger partial charge on any atom is 0.276 e. The Bertz CT molecular complexity index is 573. The third-order valence-electron chi connectivity index (χ3n) is 5.48. The lowest BCUT2D eigenvalue weighted by Gasteiger charge is -2.38. The van der Waals surface area contributed by atoms with Crippen molar-refractivity contribution in [2.75, 3.05) is 33.4 Å². The van der Waals surface area contributed by atoms with E-state index >= 15 is 0 Å². The van der Waals surface area contributed by atoms with Gasteiger partial charge < -0.3 is 18.9 Å². The molecule has 3 heterocycles. The topological polar surface area (TPSA) is 64.8 Å². The molecule has 3 fully saturated rings. The summed E-state index contributed by atoms with van der Waals surface area (Å²) in [5.41, 5.74) is 0.686. The Kier molecular flexibility index (Phi) is 3.89. The minimum absolute atomic E-state index is 0.00265. The second-order valence-electron chi connectivity index (χ2n) is 7.27. The number of amides is 1. The van der Waals surface area contributed by atoms with Crippen LogP contribution in [0.4, 0.5) is 0 Å². The molecule has 2 saturated heterocycles. The standard InChI is InChI=1S/C17H24N2O4/c1-21-10-13-9-17(11-22-13)4-6-19(7-5-17)16(20)14-8-15(23-18-14)12-2-3-12/h8,12-13H,2-7,9-11H2,1H3/t13-/m0/s1. The van der Waals surface area contributed by atoms with Crippen molar-refractivity contribution in [2.24, 2.45) is 5.41 Å². The lowest BCUT2D eigenvalue weighted by molar-refractivity contribution is 0.0279. The fourth-order valence-electron chi connectivity index (χ4n) is 3.83. The fraction of sp³-hybridized carbons (Fsp3) is 0.765. The largest absolute Gasteiger partial charge is 0.382 e. The first kappa shape index (κ1) is 15.1. The first-order chi connectivity index (χ1) is 11.2. The number of methoxy groups -OCH3 is 1. The Labute approximate surface area is 136 Å². The fourth-order valence-corrected chi connectivity index (χ4v) is 3.83. The first-order valence-electron chi connectivity index (χ1n) is 8.56. The Balaban J connectivity index is 1.34. The van der Waals surface area contributed by atoms with Crippen molar-refractivity contribution in [3.05, 3.63) is 17.5 Å². The summed E-state index contributed by atoms with van der Waals surface area (Å²) in [6.45, 7) is 2.99. The van der Waals surface area contributed by atoms with E-state index in [9.17, 15) is 4.79 Å². The van der Waals surface area contributed by atoms with Gasteiger partial charge in [-0.2, -0.15) is 0 Å². The van der Waals surface area contributed by atoms with Crippen LogP contribution in [0.15, 0.2) is 10.6 Å². The lowest BCUT2D eigenvalue weighted by Crippen LogP contribution is -2.43. The highest BCUT2D eigenvalue weighted by atomic mass is 16.5. The SMILES string of the molecule is COC[C@@H]1CC2(CCN(C(=O)c3cc(C4CC4)on3)CC2)CO1. The highest BCUT2D eigenvalue weighted by Gasteiger charge is 2.43. The molecule has 126 valence electrons. The Morgan fingerprint density at radius 3 is 2.91 bits per heavy atom. The van der Waals surface area contributed by atoms with Gasteiger partial charge >= 0.3 is 0 Å². The van der Waals surface area contributed by atoms with Crippen molar-refractivity contribution in [3.8, 4) is 0 Å². The predicted molar refractivity (Wildman–Crippen MR) is 82.3 cm³/mol. The van der Waals surface area contributed by atoms with Crippen LogP contribution in [-0.4, -0.2) is 55.5 Å². The molecule has 0 unspecified atom stereocenters. The summed E-state index contributed by atoms with van der Waals surface area (Å²) >= 11 is 0. The Hall–Kier alpha value is -1.40. The van der Waals surface area contributed by atoms with Gasteiger partial charge in [0.15, 0.2) is 5.69 Å². The number of rotatable bonds is 4. The minimum Gasteiger partial charge on any atom is -0.382 e. The van der Waals surface area contributed by atoms with Gasteiger partial charge in [0.2, 0.25) is 0 Å². The summed E-state index contributed by atoms with van der Waals surface area (Å²) in [4.78, 5) is 14.5. The highest BCUT2D eigenvalue weighted by Crippen LogP contribution is 2.43. The Morgan fingerprint density at radius 2 is 2.22 bits per heavy atom. The molecule has 1 aromatic rings. The number of carbonyl (C=O) groups is 1. The molecule has 0 N–H and O–H groups in total. The maximum absolute atomic E-state index is 12.6. The van der Waals surface area contributed by atoms with Crippen molar-refractivity contribution in [2.45, 2.75) is 44.1 Å². The van der Waals surface area contributed by atoms with Gasteiger partial charge in [-0.05, 0) is 37.5 Å². The van der Waals surface area contributed by atoms with Gasteiger partial charge in [0.05, 0.1) is 19.3 Å². The number of ether oxygens (including phenoxy) is 2. The minimum atomic E-state index is 0.00265. The van der Waals surface area contributed by atoms with E-state index in [1.54, 1.807) is 7.11 Å². The van der Waals surface area contributed by atoms with E-state index in [4.69, 9.17) is 14.0 Å². The molecule has 0 aromatic carbocycles. The van der Waals surface area contributed by atoms with E-state index < -0.39 is 0 Å². The molecule has 1 saturated carbocycles. The summed E-state index contributed by atoms with van der Waals surface area (Å²) in [5.74, 6) is 1.36. The smallest absolute Gasteiger partial charge is 0.276 e. The van der Waals surface area contributed by atoms with E-state index in [-0.39, 0.29) is 17.4 Å². The first-order valence-corrected chi connectivity index (χ1v) is 8.56.